The van der Waals surface area contributed by atoms with Gasteiger partial charge >= 0.3 is 0 Å². The smallest absolute Gasteiger partial charge is 0.226 e. The van der Waals surface area contributed by atoms with Crippen LogP contribution in [0.5, 0.6) is 11.6 Å². The standard InChI is InChI=1S/C21H20FN7OS/c1-12-14(11-22)4-3-5-16(12)24-20-27-19(28-29-20)13-6-8-15(9-7-13)30-18-10-17(23)25-21(26-18)31-2/h3-10H,11H2,1-2H3,(H2,23,25,26)(H2,24,27,28,29). The summed E-state index contributed by atoms with van der Waals surface area (Å²) >= 11 is 1.39. The molecule has 31 heavy (non-hydrogen) atoms. The van der Waals surface area contributed by atoms with Crippen LogP contribution in [0.3, 0.4) is 0 Å². The first-order chi connectivity index (χ1) is 15.1. The number of thioether (sulfide) groups is 1. The molecule has 4 rings (SSSR count). The monoisotopic (exact) mass is 437 g/mol. The molecule has 8 nitrogen and oxygen atoms in total. The number of hydrogen-bond acceptors (Lipinski definition) is 8. The van der Waals surface area contributed by atoms with E-state index in [0.717, 1.165) is 16.8 Å². The van der Waals surface area contributed by atoms with Crippen molar-refractivity contribution >= 4 is 29.2 Å². The second-order valence-corrected chi connectivity index (χ2v) is 7.39. The summed E-state index contributed by atoms with van der Waals surface area (Å²) in [6.45, 7) is 1.35. The first-order valence-electron chi connectivity index (χ1n) is 9.36. The van der Waals surface area contributed by atoms with Crippen molar-refractivity contribution in [3.8, 4) is 23.0 Å². The van der Waals surface area contributed by atoms with Gasteiger partial charge in [0, 0.05) is 17.3 Å². The number of ether oxygens (including phenoxy) is 1. The number of aromatic nitrogens is 5. The van der Waals surface area contributed by atoms with Gasteiger partial charge in [0.2, 0.25) is 11.8 Å². The van der Waals surface area contributed by atoms with Crippen LogP contribution in [0, 0.1) is 6.92 Å². The molecule has 0 saturated carbocycles. The topological polar surface area (TPSA) is 115 Å². The van der Waals surface area contributed by atoms with Crippen LogP contribution < -0.4 is 15.8 Å². The number of nitrogens with zero attached hydrogens (tertiary/aromatic N) is 4. The van der Waals surface area contributed by atoms with E-state index in [1.165, 1.54) is 11.8 Å². The lowest BCUT2D eigenvalue weighted by Gasteiger charge is -2.09. The zero-order valence-electron chi connectivity index (χ0n) is 16.9. The number of halogens is 1. The Hall–Kier alpha value is -3.66. The Morgan fingerprint density at radius 1 is 1.13 bits per heavy atom. The average Bonchev–Trinajstić information content (AvgIpc) is 3.24. The van der Waals surface area contributed by atoms with E-state index in [1.807, 2.05) is 31.4 Å². The van der Waals surface area contributed by atoms with Gasteiger partial charge in [-0.2, -0.15) is 4.98 Å². The van der Waals surface area contributed by atoms with Crippen LogP contribution in [-0.4, -0.2) is 31.4 Å². The van der Waals surface area contributed by atoms with Gasteiger partial charge in [-0.15, -0.1) is 10.2 Å². The number of aromatic amines is 1. The Morgan fingerprint density at radius 3 is 2.68 bits per heavy atom. The molecule has 0 spiro atoms. The quantitative estimate of drug-likeness (QED) is 0.277. The third-order valence-corrected chi connectivity index (χ3v) is 5.11. The highest BCUT2D eigenvalue weighted by Crippen LogP contribution is 2.27. The van der Waals surface area contributed by atoms with Gasteiger partial charge in [-0.1, -0.05) is 23.9 Å². The molecule has 4 N–H and O–H groups in total. The number of nitrogens with two attached hydrogens (primary N) is 1. The van der Waals surface area contributed by atoms with E-state index < -0.39 is 6.67 Å². The maximum absolute atomic E-state index is 13.1. The summed E-state index contributed by atoms with van der Waals surface area (Å²) in [5.41, 5.74) is 8.85. The molecule has 0 fully saturated rings. The Balaban J connectivity index is 1.48. The van der Waals surface area contributed by atoms with Crippen molar-refractivity contribution in [2.24, 2.45) is 0 Å². The number of alkyl halides is 1. The molecule has 0 unspecified atom stereocenters. The van der Waals surface area contributed by atoms with Crippen LogP contribution in [0.25, 0.3) is 11.4 Å². The molecule has 0 saturated heterocycles. The fourth-order valence-corrected chi connectivity index (χ4v) is 3.28. The summed E-state index contributed by atoms with van der Waals surface area (Å²) in [6.07, 6.45) is 1.87. The van der Waals surface area contributed by atoms with Crippen LogP contribution in [0.15, 0.2) is 53.7 Å². The molecule has 0 amide bonds. The SMILES string of the molecule is CSc1nc(N)cc(Oc2ccc(-c3nnc(Nc4cccc(CF)c4C)[nH]3)cc2)n1. The van der Waals surface area contributed by atoms with Crippen LogP contribution in [-0.2, 0) is 6.67 Å². The number of benzene rings is 2. The van der Waals surface area contributed by atoms with Crippen molar-refractivity contribution in [2.45, 2.75) is 18.8 Å². The van der Waals surface area contributed by atoms with E-state index in [1.54, 1.807) is 30.3 Å². The number of nitrogen functional groups attached to an aromatic ring is 1. The highest BCUT2D eigenvalue weighted by molar-refractivity contribution is 7.98. The van der Waals surface area contributed by atoms with Gasteiger partial charge in [-0.25, -0.2) is 9.37 Å². The predicted molar refractivity (Wildman–Crippen MR) is 119 cm³/mol. The molecule has 0 aliphatic rings. The molecule has 2 aromatic carbocycles. The van der Waals surface area contributed by atoms with Crippen molar-refractivity contribution in [2.75, 3.05) is 17.3 Å². The lowest BCUT2D eigenvalue weighted by atomic mass is 10.1. The number of hydrogen-bond donors (Lipinski definition) is 3. The Morgan fingerprint density at radius 2 is 1.94 bits per heavy atom. The van der Waals surface area contributed by atoms with Crippen LogP contribution in [0.4, 0.5) is 21.8 Å². The van der Waals surface area contributed by atoms with Crippen LogP contribution >= 0.6 is 11.8 Å². The summed E-state index contributed by atoms with van der Waals surface area (Å²) in [7, 11) is 0. The number of H-pyrrole nitrogens is 1. The molecule has 0 aliphatic heterocycles. The summed E-state index contributed by atoms with van der Waals surface area (Å²) in [6, 6.07) is 14.3. The van der Waals surface area contributed by atoms with Gasteiger partial charge in [-0.3, -0.25) is 0 Å². The van der Waals surface area contributed by atoms with E-state index in [9.17, 15) is 4.39 Å². The lowest BCUT2D eigenvalue weighted by molar-refractivity contribution is 0.456. The van der Waals surface area contributed by atoms with Crippen molar-refractivity contribution < 1.29 is 9.13 Å². The third-order valence-electron chi connectivity index (χ3n) is 4.56. The molecule has 10 heteroatoms. The van der Waals surface area contributed by atoms with Gasteiger partial charge in [0.1, 0.15) is 18.2 Å². The Bertz CT molecular complexity index is 1200. The van der Waals surface area contributed by atoms with Gasteiger partial charge in [0.05, 0.1) is 0 Å². The summed E-state index contributed by atoms with van der Waals surface area (Å²) < 4.78 is 18.8. The first kappa shape index (κ1) is 20.6. The van der Waals surface area contributed by atoms with Gasteiger partial charge in [0.15, 0.2) is 11.0 Å². The molecule has 4 aromatic rings. The van der Waals surface area contributed by atoms with Gasteiger partial charge < -0.3 is 20.8 Å². The predicted octanol–water partition coefficient (Wildman–Crippen LogP) is 4.88. The van der Waals surface area contributed by atoms with E-state index in [-0.39, 0.29) is 0 Å². The average molecular weight is 438 g/mol. The highest BCUT2D eigenvalue weighted by atomic mass is 32.2. The van der Waals surface area contributed by atoms with Gasteiger partial charge in [0.25, 0.3) is 0 Å². The molecular weight excluding hydrogens is 417 g/mol. The molecular formula is C21H20FN7OS. The molecule has 0 aliphatic carbocycles. The van der Waals surface area contributed by atoms with Gasteiger partial charge in [-0.05, 0) is 54.6 Å². The summed E-state index contributed by atoms with van der Waals surface area (Å²) in [5, 5.41) is 12.0. The molecule has 2 heterocycles. The number of nitrogens with one attached hydrogen (secondary N) is 2. The largest absolute Gasteiger partial charge is 0.439 e. The van der Waals surface area contributed by atoms with Crippen molar-refractivity contribution in [3.63, 3.8) is 0 Å². The van der Waals surface area contributed by atoms with Crippen molar-refractivity contribution in [1.29, 1.82) is 0 Å². The second-order valence-electron chi connectivity index (χ2n) is 6.61. The zero-order valence-corrected chi connectivity index (χ0v) is 17.7. The minimum Gasteiger partial charge on any atom is -0.439 e. The second kappa shape index (κ2) is 9.00. The van der Waals surface area contributed by atoms with Crippen molar-refractivity contribution in [3.05, 3.63) is 59.7 Å². The van der Waals surface area contributed by atoms with E-state index >= 15 is 0 Å². The minimum atomic E-state index is -0.516. The highest BCUT2D eigenvalue weighted by Gasteiger charge is 2.10. The first-order valence-corrected chi connectivity index (χ1v) is 10.6. The maximum atomic E-state index is 13.1. The fraction of sp³-hybridized carbons (Fsp3) is 0.143. The van der Waals surface area contributed by atoms with E-state index in [2.05, 4.69) is 30.5 Å². The Kier molecular flexibility index (Phi) is 5.99. The van der Waals surface area contributed by atoms with E-state index in [0.29, 0.717) is 39.9 Å². The molecule has 0 bridgehead atoms. The lowest BCUT2D eigenvalue weighted by Crippen LogP contribution is -1.97. The fourth-order valence-electron chi connectivity index (χ4n) is 2.91. The third kappa shape index (κ3) is 4.75. The molecule has 0 radical (unpaired) electrons. The number of rotatable bonds is 7. The van der Waals surface area contributed by atoms with E-state index in [4.69, 9.17) is 10.5 Å². The Labute approximate surface area is 182 Å². The summed E-state index contributed by atoms with van der Waals surface area (Å²) in [5.74, 6) is 2.38. The van der Waals surface area contributed by atoms with Crippen molar-refractivity contribution in [1.82, 2.24) is 25.1 Å². The van der Waals surface area contributed by atoms with Crippen LogP contribution in [0.2, 0.25) is 0 Å². The normalized spacial score (nSPS) is 10.8. The molecule has 0 atom stereocenters. The molecule has 158 valence electrons. The number of anilines is 3. The van der Waals surface area contributed by atoms with Crippen LogP contribution in [0.1, 0.15) is 11.1 Å². The summed E-state index contributed by atoms with van der Waals surface area (Å²) in [4.78, 5) is 11.5. The minimum absolute atomic E-state index is 0.347. The molecule has 2 aromatic heterocycles. The zero-order chi connectivity index (χ0) is 21.8. The maximum Gasteiger partial charge on any atom is 0.226 e.